The maximum atomic E-state index is 12.3. The summed E-state index contributed by atoms with van der Waals surface area (Å²) in [7, 11) is 1.37. The third kappa shape index (κ3) is 17.4. The Morgan fingerprint density at radius 1 is 0.544 bits per heavy atom. The van der Waals surface area contributed by atoms with E-state index in [1.54, 1.807) is 34.6 Å². The number of carboxylic acid groups (broad SMARTS) is 1. The lowest BCUT2D eigenvalue weighted by atomic mass is 9.95. The number of rotatable bonds is 14. The van der Waals surface area contributed by atoms with E-state index >= 15 is 0 Å². The summed E-state index contributed by atoms with van der Waals surface area (Å²) in [5.74, 6) is -2.07. The normalized spacial score (nSPS) is 13.4. The van der Waals surface area contributed by atoms with E-state index in [0.29, 0.717) is 25.7 Å². The van der Waals surface area contributed by atoms with Gasteiger partial charge in [0.15, 0.2) is 0 Å². The number of benzene rings is 4. The summed E-state index contributed by atoms with van der Waals surface area (Å²) in [4.78, 5) is 47.5. The van der Waals surface area contributed by atoms with Gasteiger partial charge in [-0.1, -0.05) is 123 Å². The number of carboxylic acids is 1. The number of carbonyl (C=O) groups is 4. The largest absolute Gasteiger partial charge is 0.481 e. The van der Waals surface area contributed by atoms with Gasteiger partial charge < -0.3 is 30.0 Å². The Hall–Kier alpha value is -5.64. The molecule has 0 saturated carbocycles. The summed E-state index contributed by atoms with van der Waals surface area (Å²) in [6, 6.07) is 36.0. The molecule has 10 heteroatoms. The van der Waals surface area contributed by atoms with Crippen LogP contribution in [0.4, 0.5) is 9.59 Å². The summed E-state index contributed by atoms with van der Waals surface area (Å²) in [6.45, 7) is 14.3. The maximum absolute atomic E-state index is 12.3. The molecule has 0 spiro atoms. The van der Waals surface area contributed by atoms with Crippen LogP contribution in [0, 0.1) is 11.8 Å². The van der Waals surface area contributed by atoms with Crippen LogP contribution >= 0.6 is 0 Å². The van der Waals surface area contributed by atoms with Crippen LogP contribution in [0.3, 0.4) is 0 Å². The number of esters is 1. The number of nitrogens with one attached hydrogen (secondary N) is 2. The molecule has 0 aromatic heterocycles. The molecule has 0 saturated heterocycles. The predicted molar refractivity (Wildman–Crippen MR) is 225 cm³/mol. The molecule has 57 heavy (non-hydrogen) atoms. The van der Waals surface area contributed by atoms with Crippen LogP contribution in [-0.2, 0) is 36.6 Å². The van der Waals surface area contributed by atoms with Crippen molar-refractivity contribution in [3.05, 3.63) is 120 Å². The van der Waals surface area contributed by atoms with Gasteiger partial charge in [-0.25, -0.2) is 9.59 Å². The van der Waals surface area contributed by atoms with Gasteiger partial charge in [0.05, 0.1) is 18.9 Å². The molecule has 0 aliphatic heterocycles. The zero-order valence-corrected chi connectivity index (χ0v) is 34.8. The van der Waals surface area contributed by atoms with E-state index in [1.807, 2.05) is 81.4 Å². The Labute approximate surface area is 338 Å². The summed E-state index contributed by atoms with van der Waals surface area (Å²) in [6.07, 6.45) is 0.902. The second-order valence-electron chi connectivity index (χ2n) is 16.4. The standard InChI is InChI=1S/C24H31NO4.C23H29NO4/c1-17(22(26)28-5)15-21(25-23(27)29-24(2,3)4)16-18-11-13-20(14-12-18)19-9-7-6-8-10-19;1-16(21(25)26)14-20(24-22(27)28-23(2,3)4)15-17-10-12-19(13-11-17)18-8-6-5-7-9-18/h6-14,17,21H,15-16H2,1-5H3,(H,25,27);5-13,16,20H,14-15H2,1-4H3,(H,24,27)(H,25,26)/t17-,21?;16-,20?/m11/s1. The Kier molecular flexibility index (Phi) is 17.3. The van der Waals surface area contributed by atoms with Gasteiger partial charge >= 0.3 is 24.1 Å². The van der Waals surface area contributed by atoms with Crippen molar-refractivity contribution in [3.8, 4) is 22.3 Å². The van der Waals surface area contributed by atoms with Gasteiger partial charge in [-0.2, -0.15) is 0 Å². The average molecular weight is 781 g/mol. The zero-order valence-electron chi connectivity index (χ0n) is 34.8. The van der Waals surface area contributed by atoms with Gasteiger partial charge in [-0.15, -0.1) is 0 Å². The van der Waals surface area contributed by atoms with Crippen molar-refractivity contribution in [2.24, 2.45) is 11.8 Å². The fraction of sp³-hybridized carbons (Fsp3) is 0.404. The molecule has 2 unspecified atom stereocenters. The van der Waals surface area contributed by atoms with Gasteiger partial charge in [0.1, 0.15) is 11.2 Å². The highest BCUT2D eigenvalue weighted by molar-refractivity contribution is 5.73. The van der Waals surface area contributed by atoms with Crippen molar-refractivity contribution in [2.45, 2.75) is 104 Å². The molecule has 0 aliphatic rings. The van der Waals surface area contributed by atoms with Crippen LogP contribution in [0.2, 0.25) is 0 Å². The van der Waals surface area contributed by atoms with Crippen LogP contribution < -0.4 is 10.6 Å². The number of hydrogen-bond acceptors (Lipinski definition) is 7. The van der Waals surface area contributed by atoms with Crippen molar-refractivity contribution >= 4 is 24.1 Å². The number of alkyl carbamates (subject to hydrolysis) is 2. The summed E-state index contributed by atoms with van der Waals surface area (Å²) < 4.78 is 15.5. The first-order chi connectivity index (χ1) is 26.8. The molecule has 4 rings (SSSR count). The number of carbonyl (C=O) groups excluding carboxylic acids is 3. The van der Waals surface area contributed by atoms with Gasteiger partial charge in [0.25, 0.3) is 0 Å². The Bertz CT molecular complexity index is 1850. The number of aliphatic carboxylic acids is 1. The van der Waals surface area contributed by atoms with E-state index in [9.17, 15) is 24.3 Å². The third-order valence-electron chi connectivity index (χ3n) is 8.83. The predicted octanol–water partition coefficient (Wildman–Crippen LogP) is 9.89. The van der Waals surface area contributed by atoms with Crippen molar-refractivity contribution in [1.82, 2.24) is 10.6 Å². The van der Waals surface area contributed by atoms with Crippen molar-refractivity contribution in [1.29, 1.82) is 0 Å². The minimum atomic E-state index is -0.879. The quantitative estimate of drug-likeness (QED) is 0.0849. The van der Waals surface area contributed by atoms with E-state index in [4.69, 9.17) is 14.2 Å². The molecule has 4 aromatic carbocycles. The highest BCUT2D eigenvalue weighted by Crippen LogP contribution is 2.23. The number of hydrogen-bond donors (Lipinski definition) is 3. The van der Waals surface area contributed by atoms with Crippen LogP contribution in [0.5, 0.6) is 0 Å². The summed E-state index contributed by atoms with van der Waals surface area (Å²) in [5, 5.41) is 15.0. The molecule has 4 aromatic rings. The van der Waals surface area contributed by atoms with Gasteiger partial charge in [-0.3, -0.25) is 9.59 Å². The number of amides is 2. The van der Waals surface area contributed by atoms with Crippen LogP contribution in [0.25, 0.3) is 22.3 Å². The van der Waals surface area contributed by atoms with Gasteiger partial charge in [-0.05, 0) is 101 Å². The second kappa shape index (κ2) is 21.6. The minimum Gasteiger partial charge on any atom is -0.481 e. The van der Waals surface area contributed by atoms with E-state index in [0.717, 1.165) is 33.4 Å². The minimum absolute atomic E-state index is 0.249. The van der Waals surface area contributed by atoms with E-state index in [1.165, 1.54) is 7.11 Å². The highest BCUT2D eigenvalue weighted by atomic mass is 16.6. The third-order valence-corrected chi connectivity index (χ3v) is 8.83. The molecule has 0 fully saturated rings. The van der Waals surface area contributed by atoms with Gasteiger partial charge in [0.2, 0.25) is 0 Å². The number of methoxy groups -OCH3 is 1. The highest BCUT2D eigenvalue weighted by Gasteiger charge is 2.25. The first-order valence-corrected chi connectivity index (χ1v) is 19.4. The topological polar surface area (TPSA) is 140 Å². The molecular weight excluding hydrogens is 721 g/mol. The fourth-order valence-electron chi connectivity index (χ4n) is 6.08. The lowest BCUT2D eigenvalue weighted by Crippen LogP contribution is -2.41. The van der Waals surface area contributed by atoms with Crippen LogP contribution in [0.1, 0.15) is 79.4 Å². The molecule has 306 valence electrons. The Morgan fingerprint density at radius 2 is 0.877 bits per heavy atom. The van der Waals surface area contributed by atoms with E-state index < -0.39 is 35.3 Å². The van der Waals surface area contributed by atoms with Crippen LogP contribution in [0.15, 0.2) is 109 Å². The average Bonchev–Trinajstić information content (AvgIpc) is 3.14. The smallest absolute Gasteiger partial charge is 0.407 e. The fourth-order valence-corrected chi connectivity index (χ4v) is 6.08. The molecule has 2 amide bonds. The lowest BCUT2D eigenvalue weighted by Gasteiger charge is -2.25. The van der Waals surface area contributed by atoms with Crippen LogP contribution in [-0.4, -0.2) is 59.6 Å². The molecule has 4 atom stereocenters. The lowest BCUT2D eigenvalue weighted by molar-refractivity contribution is -0.145. The SMILES string of the molecule is COC(=O)[C@H](C)CC(Cc1ccc(-c2ccccc2)cc1)NC(=O)OC(C)(C)C.C[C@H](CC(Cc1ccc(-c2ccccc2)cc1)NC(=O)OC(C)(C)C)C(=O)O. The second-order valence-corrected chi connectivity index (χ2v) is 16.4. The van der Waals surface area contributed by atoms with E-state index in [2.05, 4.69) is 59.2 Å². The Balaban J connectivity index is 0.000000306. The zero-order chi connectivity index (χ0) is 42.2. The van der Waals surface area contributed by atoms with Crippen molar-refractivity contribution in [2.75, 3.05) is 7.11 Å². The first-order valence-electron chi connectivity index (χ1n) is 19.4. The summed E-state index contributed by atoms with van der Waals surface area (Å²) >= 11 is 0. The van der Waals surface area contributed by atoms with E-state index in [-0.39, 0.29) is 24.0 Å². The van der Waals surface area contributed by atoms with Gasteiger partial charge in [0, 0.05) is 12.1 Å². The maximum Gasteiger partial charge on any atom is 0.407 e. The molecule has 10 nitrogen and oxygen atoms in total. The number of ether oxygens (including phenoxy) is 3. The summed E-state index contributed by atoms with van der Waals surface area (Å²) in [5.41, 5.74) is 5.44. The van der Waals surface area contributed by atoms with Crippen molar-refractivity contribution < 1.29 is 38.5 Å². The molecule has 0 radical (unpaired) electrons. The molecule has 3 N–H and O–H groups in total. The Morgan fingerprint density at radius 3 is 1.19 bits per heavy atom. The molecular formula is C47H60N2O8. The molecule has 0 aliphatic carbocycles. The van der Waals surface area contributed by atoms with Crippen molar-refractivity contribution in [3.63, 3.8) is 0 Å². The molecule has 0 bridgehead atoms. The molecule has 0 heterocycles. The first kappa shape index (κ1) is 45.7. The monoisotopic (exact) mass is 780 g/mol.